The van der Waals surface area contributed by atoms with Gasteiger partial charge in [-0.25, -0.2) is 0 Å². The molecule has 0 amide bonds. The zero-order valence-electron chi connectivity index (χ0n) is 10.4. The van der Waals surface area contributed by atoms with Gasteiger partial charge in [-0.3, -0.25) is 0 Å². The quantitative estimate of drug-likeness (QED) is 0.680. The highest BCUT2D eigenvalue weighted by molar-refractivity contribution is 5.20. The van der Waals surface area contributed by atoms with Crippen LogP contribution in [0.3, 0.4) is 0 Å². The SMILES string of the molecule is CCCC(CC)NCCOc1ccccc1. The van der Waals surface area contributed by atoms with Crippen LogP contribution in [0.2, 0.25) is 0 Å². The third-order valence-electron chi connectivity index (χ3n) is 2.68. The van der Waals surface area contributed by atoms with Crippen LogP contribution in [0.5, 0.6) is 5.75 Å². The van der Waals surface area contributed by atoms with E-state index in [1.807, 2.05) is 30.3 Å². The van der Waals surface area contributed by atoms with Crippen LogP contribution < -0.4 is 10.1 Å². The van der Waals surface area contributed by atoms with Gasteiger partial charge in [-0.05, 0) is 25.0 Å². The van der Waals surface area contributed by atoms with Crippen molar-refractivity contribution in [3.63, 3.8) is 0 Å². The lowest BCUT2D eigenvalue weighted by molar-refractivity contribution is 0.301. The highest BCUT2D eigenvalue weighted by Gasteiger charge is 2.02. The number of benzene rings is 1. The summed E-state index contributed by atoms with van der Waals surface area (Å²) in [7, 11) is 0. The molecule has 1 unspecified atom stereocenters. The van der Waals surface area contributed by atoms with Gasteiger partial charge in [0.1, 0.15) is 12.4 Å². The summed E-state index contributed by atoms with van der Waals surface area (Å²) in [5, 5.41) is 3.52. The number of ether oxygens (including phenoxy) is 1. The van der Waals surface area contributed by atoms with Gasteiger partial charge in [0.25, 0.3) is 0 Å². The van der Waals surface area contributed by atoms with Gasteiger partial charge in [-0.15, -0.1) is 0 Å². The van der Waals surface area contributed by atoms with E-state index in [0.717, 1.165) is 18.9 Å². The van der Waals surface area contributed by atoms with Crippen LogP contribution in [-0.4, -0.2) is 19.2 Å². The maximum absolute atomic E-state index is 5.62. The molecule has 0 aliphatic rings. The zero-order valence-corrected chi connectivity index (χ0v) is 10.4. The molecule has 0 aromatic heterocycles. The zero-order chi connectivity index (χ0) is 11.6. The van der Waals surface area contributed by atoms with Crippen molar-refractivity contribution in [1.29, 1.82) is 0 Å². The minimum absolute atomic E-state index is 0.643. The molecule has 0 spiro atoms. The molecule has 1 rings (SSSR count). The summed E-state index contributed by atoms with van der Waals surface area (Å²) in [6.07, 6.45) is 3.69. The predicted molar refractivity (Wildman–Crippen MR) is 68.9 cm³/mol. The van der Waals surface area contributed by atoms with Crippen molar-refractivity contribution in [3.8, 4) is 5.75 Å². The van der Waals surface area contributed by atoms with Crippen LogP contribution in [0, 0.1) is 0 Å². The third-order valence-corrected chi connectivity index (χ3v) is 2.68. The lowest BCUT2D eigenvalue weighted by atomic mass is 10.1. The highest BCUT2D eigenvalue weighted by atomic mass is 16.5. The van der Waals surface area contributed by atoms with Crippen LogP contribution in [0.4, 0.5) is 0 Å². The van der Waals surface area contributed by atoms with Gasteiger partial charge in [0.15, 0.2) is 0 Å². The molecule has 0 radical (unpaired) electrons. The van der Waals surface area contributed by atoms with Crippen LogP contribution in [0.25, 0.3) is 0 Å². The van der Waals surface area contributed by atoms with Crippen LogP contribution in [0.15, 0.2) is 30.3 Å². The predicted octanol–water partition coefficient (Wildman–Crippen LogP) is 3.23. The van der Waals surface area contributed by atoms with E-state index < -0.39 is 0 Å². The molecule has 1 aromatic rings. The van der Waals surface area contributed by atoms with Crippen molar-refractivity contribution in [3.05, 3.63) is 30.3 Å². The van der Waals surface area contributed by atoms with Gasteiger partial charge in [-0.1, -0.05) is 38.5 Å². The molecule has 0 aliphatic heterocycles. The van der Waals surface area contributed by atoms with Gasteiger partial charge < -0.3 is 10.1 Å². The third kappa shape index (κ3) is 5.17. The topological polar surface area (TPSA) is 21.3 Å². The largest absolute Gasteiger partial charge is 0.492 e. The Labute approximate surface area is 99.0 Å². The lowest BCUT2D eigenvalue weighted by Crippen LogP contribution is -2.31. The molecule has 1 atom stereocenters. The van der Waals surface area contributed by atoms with Crippen molar-refractivity contribution in [2.24, 2.45) is 0 Å². The maximum Gasteiger partial charge on any atom is 0.119 e. The molecule has 0 saturated carbocycles. The molecule has 0 aliphatic carbocycles. The average Bonchev–Trinajstić information content (AvgIpc) is 2.34. The van der Waals surface area contributed by atoms with Crippen LogP contribution in [0.1, 0.15) is 33.1 Å². The Hall–Kier alpha value is -1.02. The number of rotatable bonds is 8. The molecule has 0 heterocycles. The summed E-state index contributed by atoms with van der Waals surface area (Å²) in [5.41, 5.74) is 0. The second-order valence-corrected chi connectivity index (χ2v) is 4.01. The van der Waals surface area contributed by atoms with Crippen molar-refractivity contribution in [2.75, 3.05) is 13.2 Å². The molecule has 90 valence electrons. The highest BCUT2D eigenvalue weighted by Crippen LogP contribution is 2.07. The minimum Gasteiger partial charge on any atom is -0.492 e. The fourth-order valence-corrected chi connectivity index (χ4v) is 1.75. The van der Waals surface area contributed by atoms with E-state index in [1.165, 1.54) is 19.3 Å². The first-order valence-electron chi connectivity index (χ1n) is 6.28. The minimum atomic E-state index is 0.643. The molecule has 1 aromatic carbocycles. The Morgan fingerprint density at radius 3 is 2.56 bits per heavy atom. The fourth-order valence-electron chi connectivity index (χ4n) is 1.75. The van der Waals surface area contributed by atoms with Crippen molar-refractivity contribution in [2.45, 2.75) is 39.2 Å². The van der Waals surface area contributed by atoms with Gasteiger partial charge in [-0.2, -0.15) is 0 Å². The first-order valence-corrected chi connectivity index (χ1v) is 6.28. The molecular formula is C14H23NO. The van der Waals surface area contributed by atoms with E-state index in [9.17, 15) is 0 Å². The number of hydrogen-bond donors (Lipinski definition) is 1. The standard InChI is InChI=1S/C14H23NO/c1-3-8-13(4-2)15-11-12-16-14-9-6-5-7-10-14/h5-7,9-10,13,15H,3-4,8,11-12H2,1-2H3. The van der Waals surface area contributed by atoms with E-state index in [-0.39, 0.29) is 0 Å². The van der Waals surface area contributed by atoms with Crippen molar-refractivity contribution in [1.82, 2.24) is 5.32 Å². The van der Waals surface area contributed by atoms with E-state index in [4.69, 9.17) is 4.74 Å². The molecule has 1 N–H and O–H groups in total. The summed E-state index contributed by atoms with van der Waals surface area (Å²) in [6, 6.07) is 10.6. The first-order chi connectivity index (χ1) is 7.86. The Morgan fingerprint density at radius 1 is 1.19 bits per heavy atom. The van der Waals surface area contributed by atoms with E-state index >= 15 is 0 Å². The summed E-state index contributed by atoms with van der Waals surface area (Å²) in [6.45, 7) is 6.12. The fraction of sp³-hybridized carbons (Fsp3) is 0.571. The van der Waals surface area contributed by atoms with E-state index in [2.05, 4.69) is 19.2 Å². The summed E-state index contributed by atoms with van der Waals surface area (Å²) in [4.78, 5) is 0. The monoisotopic (exact) mass is 221 g/mol. The first kappa shape index (κ1) is 13.0. The molecule has 0 bridgehead atoms. The molecule has 0 saturated heterocycles. The Kier molecular flexibility index (Phi) is 6.66. The summed E-state index contributed by atoms with van der Waals surface area (Å²) < 4.78 is 5.62. The van der Waals surface area contributed by atoms with E-state index in [1.54, 1.807) is 0 Å². The number of para-hydroxylation sites is 1. The van der Waals surface area contributed by atoms with Crippen molar-refractivity contribution >= 4 is 0 Å². The molecule has 16 heavy (non-hydrogen) atoms. The lowest BCUT2D eigenvalue weighted by Gasteiger charge is -2.16. The van der Waals surface area contributed by atoms with E-state index in [0.29, 0.717) is 6.04 Å². The molecular weight excluding hydrogens is 198 g/mol. The van der Waals surface area contributed by atoms with Gasteiger partial charge in [0.2, 0.25) is 0 Å². The van der Waals surface area contributed by atoms with Crippen molar-refractivity contribution < 1.29 is 4.74 Å². The van der Waals surface area contributed by atoms with Gasteiger partial charge in [0, 0.05) is 12.6 Å². The van der Waals surface area contributed by atoms with Gasteiger partial charge >= 0.3 is 0 Å². The second-order valence-electron chi connectivity index (χ2n) is 4.01. The number of nitrogens with one attached hydrogen (secondary N) is 1. The maximum atomic E-state index is 5.62. The second kappa shape index (κ2) is 8.17. The average molecular weight is 221 g/mol. The van der Waals surface area contributed by atoms with Gasteiger partial charge in [0.05, 0.1) is 0 Å². The summed E-state index contributed by atoms with van der Waals surface area (Å²) in [5.74, 6) is 0.952. The smallest absolute Gasteiger partial charge is 0.119 e. The molecule has 2 heteroatoms. The Balaban J connectivity index is 2.11. The van der Waals surface area contributed by atoms with Crippen LogP contribution in [-0.2, 0) is 0 Å². The Bertz CT molecular complexity index is 261. The Morgan fingerprint density at radius 2 is 1.94 bits per heavy atom. The summed E-state index contributed by atoms with van der Waals surface area (Å²) >= 11 is 0. The molecule has 0 fully saturated rings. The van der Waals surface area contributed by atoms with Crippen LogP contribution >= 0.6 is 0 Å². The molecule has 2 nitrogen and oxygen atoms in total. The number of hydrogen-bond acceptors (Lipinski definition) is 2. The normalized spacial score (nSPS) is 12.4.